The number of carbonyl (C=O) groups is 2. The van der Waals surface area contributed by atoms with Crippen LogP contribution in [0.3, 0.4) is 0 Å². The van der Waals surface area contributed by atoms with E-state index in [-0.39, 0.29) is 24.2 Å². The van der Waals surface area contributed by atoms with Gasteiger partial charge in [0.05, 0.1) is 24.3 Å². The lowest BCUT2D eigenvalue weighted by Crippen LogP contribution is -2.59. The maximum absolute atomic E-state index is 11.9. The molecule has 3 aliphatic rings. The van der Waals surface area contributed by atoms with Gasteiger partial charge < -0.3 is 19.5 Å². The fourth-order valence-electron chi connectivity index (χ4n) is 3.94. The van der Waals surface area contributed by atoms with Gasteiger partial charge in [-0.05, 0) is 24.1 Å². The van der Waals surface area contributed by atoms with Crippen LogP contribution in [0.25, 0.3) is 0 Å². The lowest BCUT2D eigenvalue weighted by atomic mass is 9.94. The van der Waals surface area contributed by atoms with Crippen LogP contribution in [0, 0.1) is 0 Å². The highest BCUT2D eigenvalue weighted by molar-refractivity contribution is 5.92. The molecule has 1 N–H and O–H groups in total. The summed E-state index contributed by atoms with van der Waals surface area (Å²) in [5, 5.41) is 9.14. The summed E-state index contributed by atoms with van der Waals surface area (Å²) in [6.45, 7) is 4.92. The first-order valence-corrected chi connectivity index (χ1v) is 8.68. The SMILES string of the molecule is C[C@H]1Cc2cc([C@H]3CN4CCN(C(=O)O)C[C@H]4CO3)ccc2C(=O)O1. The molecule has 0 aliphatic carbocycles. The third kappa shape index (κ3) is 3.09. The number of hydrogen-bond acceptors (Lipinski definition) is 5. The Labute approximate surface area is 146 Å². The summed E-state index contributed by atoms with van der Waals surface area (Å²) in [5.41, 5.74) is 2.73. The van der Waals surface area contributed by atoms with Crippen LogP contribution < -0.4 is 0 Å². The van der Waals surface area contributed by atoms with Gasteiger partial charge in [-0.3, -0.25) is 4.90 Å². The van der Waals surface area contributed by atoms with Gasteiger partial charge in [0.25, 0.3) is 0 Å². The summed E-state index contributed by atoms with van der Waals surface area (Å²) >= 11 is 0. The third-order valence-corrected chi connectivity index (χ3v) is 5.30. The van der Waals surface area contributed by atoms with Crippen molar-refractivity contribution >= 4 is 12.1 Å². The molecule has 2 fully saturated rings. The maximum Gasteiger partial charge on any atom is 0.407 e. The number of carboxylic acid groups (broad SMARTS) is 1. The average molecular weight is 346 g/mol. The Balaban J connectivity index is 1.48. The molecule has 0 bridgehead atoms. The van der Waals surface area contributed by atoms with E-state index in [9.17, 15) is 9.59 Å². The van der Waals surface area contributed by atoms with E-state index >= 15 is 0 Å². The zero-order valence-corrected chi connectivity index (χ0v) is 14.2. The van der Waals surface area contributed by atoms with Crippen molar-refractivity contribution in [2.45, 2.75) is 31.6 Å². The Morgan fingerprint density at radius 3 is 2.92 bits per heavy atom. The van der Waals surface area contributed by atoms with Crippen molar-refractivity contribution in [3.05, 3.63) is 34.9 Å². The lowest BCUT2D eigenvalue weighted by Gasteiger charge is -2.45. The number of cyclic esters (lactones) is 1. The van der Waals surface area contributed by atoms with E-state index in [1.807, 2.05) is 19.1 Å². The van der Waals surface area contributed by atoms with Crippen LogP contribution in [0.5, 0.6) is 0 Å². The van der Waals surface area contributed by atoms with Crippen molar-refractivity contribution in [3.8, 4) is 0 Å². The number of nitrogens with zero attached hydrogens (tertiary/aromatic N) is 2. The van der Waals surface area contributed by atoms with Crippen LogP contribution in [-0.4, -0.2) is 71.9 Å². The number of amides is 1. The van der Waals surface area contributed by atoms with Crippen LogP contribution in [0.2, 0.25) is 0 Å². The molecule has 2 saturated heterocycles. The fourth-order valence-corrected chi connectivity index (χ4v) is 3.94. The molecule has 1 amide bonds. The second-order valence-electron chi connectivity index (χ2n) is 7.04. The summed E-state index contributed by atoms with van der Waals surface area (Å²) in [7, 11) is 0. The molecule has 1 aromatic rings. The van der Waals surface area contributed by atoms with Gasteiger partial charge in [-0.15, -0.1) is 0 Å². The molecule has 0 unspecified atom stereocenters. The van der Waals surface area contributed by atoms with Gasteiger partial charge >= 0.3 is 12.1 Å². The highest BCUT2D eigenvalue weighted by Crippen LogP contribution is 2.30. The van der Waals surface area contributed by atoms with Crippen molar-refractivity contribution in [2.24, 2.45) is 0 Å². The molecule has 3 aliphatic heterocycles. The minimum absolute atomic E-state index is 0.0498. The molecule has 1 aromatic carbocycles. The number of ether oxygens (including phenoxy) is 2. The van der Waals surface area contributed by atoms with Gasteiger partial charge in [0.15, 0.2) is 0 Å². The van der Waals surface area contributed by atoms with Gasteiger partial charge in [0, 0.05) is 32.6 Å². The molecule has 25 heavy (non-hydrogen) atoms. The van der Waals surface area contributed by atoms with Crippen LogP contribution in [0.1, 0.15) is 34.5 Å². The molecule has 3 atom stereocenters. The molecule has 134 valence electrons. The Hall–Kier alpha value is -2.12. The first-order chi connectivity index (χ1) is 12.0. The Morgan fingerprint density at radius 2 is 2.12 bits per heavy atom. The number of fused-ring (bicyclic) bond motifs is 2. The molecule has 0 saturated carbocycles. The van der Waals surface area contributed by atoms with Crippen molar-refractivity contribution in [3.63, 3.8) is 0 Å². The minimum atomic E-state index is -0.863. The van der Waals surface area contributed by atoms with Gasteiger partial charge in [0.2, 0.25) is 0 Å². The van der Waals surface area contributed by atoms with Gasteiger partial charge in [-0.1, -0.05) is 12.1 Å². The summed E-state index contributed by atoms with van der Waals surface area (Å²) in [6.07, 6.45) is -0.290. The van der Waals surface area contributed by atoms with Crippen LogP contribution in [-0.2, 0) is 15.9 Å². The molecular formula is C18H22N2O5. The van der Waals surface area contributed by atoms with E-state index in [1.165, 1.54) is 4.90 Å². The smallest absolute Gasteiger partial charge is 0.407 e. The van der Waals surface area contributed by atoms with E-state index in [0.717, 1.165) is 30.6 Å². The maximum atomic E-state index is 11.9. The highest BCUT2D eigenvalue weighted by Gasteiger charge is 2.36. The standard InChI is InChI=1S/C18H22N2O5/c1-11-6-13-7-12(2-3-15(13)17(21)25-11)16-9-19-4-5-20(18(22)23)8-14(19)10-24-16/h2-3,7,11,14,16H,4-6,8-10H2,1H3,(H,22,23)/t11-,14-,16+/m0/s1. The number of esters is 1. The second kappa shape index (κ2) is 6.31. The number of piperazine rings is 1. The molecule has 7 nitrogen and oxygen atoms in total. The van der Waals surface area contributed by atoms with Crippen molar-refractivity contribution in [1.82, 2.24) is 9.80 Å². The van der Waals surface area contributed by atoms with E-state index in [0.29, 0.717) is 25.3 Å². The largest absolute Gasteiger partial charge is 0.465 e. The van der Waals surface area contributed by atoms with Crippen LogP contribution in [0.15, 0.2) is 18.2 Å². The Kier molecular flexibility index (Phi) is 4.13. The quantitative estimate of drug-likeness (QED) is 0.777. The molecule has 4 rings (SSSR count). The van der Waals surface area contributed by atoms with Crippen LogP contribution in [0.4, 0.5) is 4.79 Å². The summed E-state index contributed by atoms with van der Waals surface area (Å²) in [6, 6.07) is 5.95. The normalized spacial score (nSPS) is 29.6. The van der Waals surface area contributed by atoms with Gasteiger partial charge in [0.1, 0.15) is 6.10 Å². The van der Waals surface area contributed by atoms with Crippen molar-refractivity contribution in [2.75, 3.05) is 32.8 Å². The minimum Gasteiger partial charge on any atom is -0.465 e. The number of carbonyl (C=O) groups excluding carboxylic acids is 1. The molecular weight excluding hydrogens is 324 g/mol. The summed E-state index contributed by atoms with van der Waals surface area (Å²) < 4.78 is 11.3. The predicted molar refractivity (Wildman–Crippen MR) is 88.7 cm³/mol. The second-order valence-corrected chi connectivity index (χ2v) is 7.04. The molecule has 0 aromatic heterocycles. The van der Waals surface area contributed by atoms with E-state index in [1.54, 1.807) is 0 Å². The molecule has 0 radical (unpaired) electrons. The zero-order chi connectivity index (χ0) is 17.6. The number of morpholine rings is 1. The van der Waals surface area contributed by atoms with Crippen molar-refractivity contribution < 1.29 is 24.2 Å². The number of hydrogen-bond donors (Lipinski definition) is 1. The molecule has 7 heteroatoms. The predicted octanol–water partition coefficient (Wildman–Crippen LogP) is 1.52. The first kappa shape index (κ1) is 16.4. The Morgan fingerprint density at radius 1 is 1.28 bits per heavy atom. The molecule has 0 spiro atoms. The van der Waals surface area contributed by atoms with E-state index < -0.39 is 6.09 Å². The van der Waals surface area contributed by atoms with Crippen molar-refractivity contribution in [1.29, 1.82) is 0 Å². The number of benzene rings is 1. The third-order valence-electron chi connectivity index (χ3n) is 5.30. The molecule has 3 heterocycles. The number of rotatable bonds is 1. The fraction of sp³-hybridized carbons (Fsp3) is 0.556. The zero-order valence-electron chi connectivity index (χ0n) is 14.2. The lowest BCUT2D eigenvalue weighted by molar-refractivity contribution is -0.0867. The van der Waals surface area contributed by atoms with Crippen LogP contribution >= 0.6 is 0 Å². The van der Waals surface area contributed by atoms with Gasteiger partial charge in [-0.2, -0.15) is 0 Å². The average Bonchev–Trinajstić information content (AvgIpc) is 2.60. The monoisotopic (exact) mass is 346 g/mol. The summed E-state index contributed by atoms with van der Waals surface area (Å²) in [4.78, 5) is 26.8. The summed E-state index contributed by atoms with van der Waals surface area (Å²) in [5.74, 6) is -0.255. The Bertz CT molecular complexity index is 707. The van der Waals surface area contributed by atoms with Gasteiger partial charge in [-0.25, -0.2) is 9.59 Å². The highest BCUT2D eigenvalue weighted by atomic mass is 16.5. The van der Waals surface area contributed by atoms with E-state index in [4.69, 9.17) is 14.6 Å². The topological polar surface area (TPSA) is 79.3 Å². The first-order valence-electron chi connectivity index (χ1n) is 8.68. The van der Waals surface area contributed by atoms with E-state index in [2.05, 4.69) is 11.0 Å².